The number of hydrogen-bond donors (Lipinski definition) is 1. The summed E-state index contributed by atoms with van der Waals surface area (Å²) in [6.45, 7) is 4.51. The molecule has 1 atom stereocenters. The van der Waals surface area contributed by atoms with E-state index in [0.717, 1.165) is 16.8 Å². The molecule has 1 heterocycles. The number of fused-ring (bicyclic) bond motifs is 1. The molecule has 23 heavy (non-hydrogen) atoms. The Bertz CT molecular complexity index is 755. The lowest BCUT2D eigenvalue weighted by Gasteiger charge is -2.30. The lowest BCUT2D eigenvalue weighted by Crippen LogP contribution is -2.52. The van der Waals surface area contributed by atoms with Gasteiger partial charge in [0.2, 0.25) is 5.91 Å². The average molecular weight is 308 g/mol. The van der Waals surface area contributed by atoms with Crippen LogP contribution in [-0.4, -0.2) is 24.4 Å². The molecule has 0 saturated carbocycles. The van der Waals surface area contributed by atoms with Gasteiger partial charge in [0.15, 0.2) is 0 Å². The number of amides is 2. The standard InChI is InChI=1S/C19H20N2O2/c1-3-21(15-9-6-7-13(2)11-15)19(23)17-12-14-8-4-5-10-16(14)18(22)20-17/h4-11,17H,3,12H2,1-2H3,(H,20,22). The van der Waals surface area contributed by atoms with Crippen LogP contribution in [0.1, 0.15) is 28.4 Å². The van der Waals surface area contributed by atoms with Gasteiger partial charge in [0.25, 0.3) is 5.91 Å². The van der Waals surface area contributed by atoms with E-state index in [2.05, 4.69) is 5.32 Å². The Morgan fingerprint density at radius 2 is 2.00 bits per heavy atom. The van der Waals surface area contributed by atoms with Gasteiger partial charge in [0.05, 0.1) is 0 Å². The van der Waals surface area contributed by atoms with Gasteiger partial charge in [-0.25, -0.2) is 0 Å². The van der Waals surface area contributed by atoms with Crippen molar-refractivity contribution in [3.05, 3.63) is 65.2 Å². The van der Waals surface area contributed by atoms with E-state index < -0.39 is 6.04 Å². The molecule has 1 aliphatic rings. The summed E-state index contributed by atoms with van der Waals surface area (Å²) in [5, 5.41) is 2.84. The SMILES string of the molecule is CCN(C(=O)C1Cc2ccccc2C(=O)N1)c1cccc(C)c1. The lowest BCUT2D eigenvalue weighted by molar-refractivity contribution is -0.120. The molecule has 2 aromatic carbocycles. The van der Waals surface area contributed by atoms with Gasteiger partial charge in [-0.1, -0.05) is 30.3 Å². The smallest absolute Gasteiger partial charge is 0.252 e. The van der Waals surface area contributed by atoms with Gasteiger partial charge in [0, 0.05) is 24.2 Å². The molecular formula is C19H20N2O2. The predicted octanol–water partition coefficient (Wildman–Crippen LogP) is 2.70. The Hall–Kier alpha value is -2.62. The summed E-state index contributed by atoms with van der Waals surface area (Å²) in [6, 6.07) is 14.8. The van der Waals surface area contributed by atoms with Crippen LogP contribution in [0, 0.1) is 6.92 Å². The first-order valence-electron chi connectivity index (χ1n) is 7.87. The van der Waals surface area contributed by atoms with Gasteiger partial charge in [0.1, 0.15) is 6.04 Å². The molecule has 2 amide bonds. The van der Waals surface area contributed by atoms with Crippen molar-refractivity contribution in [2.75, 3.05) is 11.4 Å². The Labute approximate surface area is 136 Å². The van der Waals surface area contributed by atoms with E-state index in [9.17, 15) is 9.59 Å². The van der Waals surface area contributed by atoms with Crippen LogP contribution in [0.5, 0.6) is 0 Å². The van der Waals surface area contributed by atoms with Crippen molar-refractivity contribution in [1.29, 1.82) is 0 Å². The van der Waals surface area contributed by atoms with E-state index >= 15 is 0 Å². The van der Waals surface area contributed by atoms with Crippen LogP contribution in [0.15, 0.2) is 48.5 Å². The van der Waals surface area contributed by atoms with Crippen LogP contribution in [0.3, 0.4) is 0 Å². The Kier molecular flexibility index (Phi) is 4.15. The van der Waals surface area contributed by atoms with Gasteiger partial charge in [-0.3, -0.25) is 9.59 Å². The van der Waals surface area contributed by atoms with E-state index in [-0.39, 0.29) is 11.8 Å². The molecule has 4 nitrogen and oxygen atoms in total. The van der Waals surface area contributed by atoms with Gasteiger partial charge in [-0.2, -0.15) is 0 Å². The minimum atomic E-state index is -0.516. The van der Waals surface area contributed by atoms with E-state index in [1.54, 1.807) is 11.0 Å². The number of rotatable bonds is 3. The van der Waals surface area contributed by atoms with Crippen LogP contribution >= 0.6 is 0 Å². The molecule has 0 saturated heterocycles. The quantitative estimate of drug-likeness (QED) is 0.948. The second kappa shape index (κ2) is 6.24. The molecule has 0 aromatic heterocycles. The fraction of sp³-hybridized carbons (Fsp3) is 0.263. The molecule has 0 aliphatic carbocycles. The minimum Gasteiger partial charge on any atom is -0.340 e. The number of likely N-dealkylation sites (N-methyl/N-ethyl adjacent to an activating group) is 1. The van der Waals surface area contributed by atoms with E-state index in [1.807, 2.05) is 56.3 Å². The topological polar surface area (TPSA) is 49.4 Å². The summed E-state index contributed by atoms with van der Waals surface area (Å²) in [5.41, 5.74) is 3.56. The van der Waals surface area contributed by atoms with Gasteiger partial charge in [-0.05, 0) is 43.2 Å². The molecule has 4 heteroatoms. The van der Waals surface area contributed by atoms with Crippen molar-refractivity contribution in [2.24, 2.45) is 0 Å². The van der Waals surface area contributed by atoms with Crippen LogP contribution < -0.4 is 10.2 Å². The highest BCUT2D eigenvalue weighted by Gasteiger charge is 2.31. The molecule has 3 rings (SSSR count). The lowest BCUT2D eigenvalue weighted by atomic mass is 9.94. The van der Waals surface area contributed by atoms with Crippen molar-refractivity contribution in [3.63, 3.8) is 0 Å². The zero-order chi connectivity index (χ0) is 16.4. The number of carbonyl (C=O) groups excluding carboxylic acids is 2. The second-order valence-electron chi connectivity index (χ2n) is 5.81. The Morgan fingerprint density at radius 1 is 1.22 bits per heavy atom. The molecule has 1 unspecified atom stereocenters. The van der Waals surface area contributed by atoms with Crippen molar-refractivity contribution in [2.45, 2.75) is 26.3 Å². The molecule has 2 aromatic rings. The maximum atomic E-state index is 12.9. The highest BCUT2D eigenvalue weighted by atomic mass is 16.2. The average Bonchev–Trinajstić information content (AvgIpc) is 2.55. The molecule has 0 spiro atoms. The first-order chi connectivity index (χ1) is 11.1. The fourth-order valence-corrected chi connectivity index (χ4v) is 3.03. The molecule has 0 radical (unpaired) electrons. The molecule has 1 aliphatic heterocycles. The first kappa shape index (κ1) is 15.3. The van der Waals surface area contributed by atoms with E-state index in [0.29, 0.717) is 18.5 Å². The highest BCUT2D eigenvalue weighted by molar-refractivity contribution is 6.04. The van der Waals surface area contributed by atoms with Crippen molar-refractivity contribution < 1.29 is 9.59 Å². The fourth-order valence-electron chi connectivity index (χ4n) is 3.03. The third-order valence-electron chi connectivity index (χ3n) is 4.19. The summed E-state index contributed by atoms with van der Waals surface area (Å²) in [5.74, 6) is -0.244. The second-order valence-corrected chi connectivity index (χ2v) is 5.81. The monoisotopic (exact) mass is 308 g/mol. The zero-order valence-corrected chi connectivity index (χ0v) is 13.4. The summed E-state index contributed by atoms with van der Waals surface area (Å²) in [6.07, 6.45) is 0.531. The Morgan fingerprint density at radius 3 is 2.74 bits per heavy atom. The Balaban J connectivity index is 1.87. The molecule has 118 valence electrons. The number of nitrogens with one attached hydrogen (secondary N) is 1. The predicted molar refractivity (Wildman–Crippen MR) is 90.6 cm³/mol. The molecule has 0 bridgehead atoms. The third kappa shape index (κ3) is 2.97. The van der Waals surface area contributed by atoms with Gasteiger partial charge in [-0.15, -0.1) is 0 Å². The normalized spacial score (nSPS) is 16.4. The third-order valence-corrected chi connectivity index (χ3v) is 4.19. The molecule has 0 fully saturated rings. The van der Waals surface area contributed by atoms with E-state index in [4.69, 9.17) is 0 Å². The van der Waals surface area contributed by atoms with E-state index in [1.165, 1.54) is 0 Å². The first-order valence-corrected chi connectivity index (χ1v) is 7.87. The highest BCUT2D eigenvalue weighted by Crippen LogP contribution is 2.21. The van der Waals surface area contributed by atoms with Crippen LogP contribution in [0.25, 0.3) is 0 Å². The maximum absolute atomic E-state index is 12.9. The minimum absolute atomic E-state index is 0.0686. The van der Waals surface area contributed by atoms with Crippen molar-refractivity contribution in [3.8, 4) is 0 Å². The number of nitrogens with zero attached hydrogens (tertiary/aromatic N) is 1. The summed E-state index contributed by atoms with van der Waals surface area (Å²) in [4.78, 5) is 26.9. The number of hydrogen-bond acceptors (Lipinski definition) is 2. The van der Waals surface area contributed by atoms with Gasteiger partial charge >= 0.3 is 0 Å². The largest absolute Gasteiger partial charge is 0.340 e. The number of aryl methyl sites for hydroxylation is 1. The van der Waals surface area contributed by atoms with Crippen molar-refractivity contribution >= 4 is 17.5 Å². The van der Waals surface area contributed by atoms with Crippen LogP contribution in [0.2, 0.25) is 0 Å². The number of anilines is 1. The number of benzene rings is 2. The zero-order valence-electron chi connectivity index (χ0n) is 13.4. The van der Waals surface area contributed by atoms with Crippen LogP contribution in [0.4, 0.5) is 5.69 Å². The van der Waals surface area contributed by atoms with Gasteiger partial charge < -0.3 is 10.2 Å². The van der Waals surface area contributed by atoms with Crippen molar-refractivity contribution in [1.82, 2.24) is 5.32 Å². The molecule has 1 N–H and O–H groups in total. The maximum Gasteiger partial charge on any atom is 0.252 e. The summed E-state index contributed by atoms with van der Waals surface area (Å²) in [7, 11) is 0. The summed E-state index contributed by atoms with van der Waals surface area (Å²) < 4.78 is 0. The summed E-state index contributed by atoms with van der Waals surface area (Å²) >= 11 is 0. The molecular weight excluding hydrogens is 288 g/mol. The van der Waals surface area contributed by atoms with Crippen LogP contribution in [-0.2, 0) is 11.2 Å². The number of carbonyl (C=O) groups is 2.